The van der Waals surface area contributed by atoms with Crippen molar-refractivity contribution in [3.63, 3.8) is 0 Å². The summed E-state index contributed by atoms with van der Waals surface area (Å²) in [6.45, 7) is -0.835. The van der Waals surface area contributed by atoms with E-state index in [9.17, 15) is 15.0 Å². The van der Waals surface area contributed by atoms with Crippen LogP contribution in [0.4, 0.5) is 0 Å². The predicted molar refractivity (Wildman–Crippen MR) is 68.6 cm³/mol. The summed E-state index contributed by atoms with van der Waals surface area (Å²) in [6, 6.07) is 4.83. The first-order chi connectivity index (χ1) is 8.99. The molecule has 0 fully saturated rings. The van der Waals surface area contributed by atoms with Gasteiger partial charge in [-0.15, -0.1) is 0 Å². The van der Waals surface area contributed by atoms with Gasteiger partial charge in [0.05, 0.1) is 25.4 Å². The summed E-state index contributed by atoms with van der Waals surface area (Å²) in [4.78, 5) is 11.4. The van der Waals surface area contributed by atoms with Gasteiger partial charge >= 0.3 is 0 Å². The van der Waals surface area contributed by atoms with Crippen molar-refractivity contribution in [2.75, 3.05) is 13.2 Å². The minimum Gasteiger partial charge on any atom is -0.394 e. The average molecular weight is 269 g/mol. The molecule has 106 valence electrons. The minimum atomic E-state index is -1.01. The Balaban J connectivity index is 3.13. The van der Waals surface area contributed by atoms with E-state index in [1.807, 2.05) is 0 Å². The van der Waals surface area contributed by atoms with Crippen molar-refractivity contribution in [2.24, 2.45) is 5.73 Å². The van der Waals surface area contributed by atoms with Gasteiger partial charge in [0, 0.05) is 18.4 Å². The van der Waals surface area contributed by atoms with Crippen molar-refractivity contribution in [3.8, 4) is 0 Å². The van der Waals surface area contributed by atoms with Crippen LogP contribution in [0, 0.1) is 0 Å². The highest BCUT2D eigenvalue weighted by atomic mass is 16.3. The standard InChI is InChI=1S/C13H19NO5/c14-13(19)11-3-1-2-8(4-9(17)6-15)12(11)5-10(18)7-16/h1-3,9-10,15-18H,4-7H2,(H2,14,19). The monoisotopic (exact) mass is 269 g/mol. The van der Waals surface area contributed by atoms with Crippen molar-refractivity contribution in [1.29, 1.82) is 0 Å². The zero-order chi connectivity index (χ0) is 14.4. The molecule has 0 aliphatic heterocycles. The van der Waals surface area contributed by atoms with E-state index < -0.39 is 31.3 Å². The Morgan fingerprint density at radius 2 is 1.68 bits per heavy atom. The van der Waals surface area contributed by atoms with Crippen molar-refractivity contribution in [2.45, 2.75) is 25.0 Å². The van der Waals surface area contributed by atoms with Gasteiger partial charge in [0.1, 0.15) is 0 Å². The average Bonchev–Trinajstić information content (AvgIpc) is 2.39. The molecule has 6 nitrogen and oxygen atoms in total. The summed E-state index contributed by atoms with van der Waals surface area (Å²) >= 11 is 0. The molecular weight excluding hydrogens is 250 g/mol. The Hall–Kier alpha value is -1.47. The third kappa shape index (κ3) is 4.29. The number of carbonyl (C=O) groups is 1. The van der Waals surface area contributed by atoms with Gasteiger partial charge in [-0.3, -0.25) is 4.79 Å². The molecule has 1 rings (SSSR count). The molecule has 0 saturated carbocycles. The molecular formula is C13H19NO5. The van der Waals surface area contributed by atoms with Crippen LogP contribution in [0.15, 0.2) is 18.2 Å². The second-order valence-electron chi connectivity index (χ2n) is 4.39. The van der Waals surface area contributed by atoms with Gasteiger partial charge in [-0.1, -0.05) is 12.1 Å². The predicted octanol–water partition coefficient (Wildman–Crippen LogP) is -1.42. The Morgan fingerprint density at radius 1 is 1.11 bits per heavy atom. The molecule has 0 saturated heterocycles. The summed E-state index contributed by atoms with van der Waals surface area (Å²) in [5.41, 5.74) is 6.62. The van der Waals surface area contributed by atoms with Crippen LogP contribution in [0.1, 0.15) is 21.5 Å². The summed E-state index contributed by atoms with van der Waals surface area (Å²) in [6.07, 6.45) is -1.76. The number of aliphatic hydroxyl groups excluding tert-OH is 4. The molecule has 0 radical (unpaired) electrons. The maximum atomic E-state index is 11.4. The number of rotatable bonds is 7. The van der Waals surface area contributed by atoms with Crippen molar-refractivity contribution in [1.82, 2.24) is 0 Å². The van der Waals surface area contributed by atoms with Gasteiger partial charge in [0.15, 0.2) is 0 Å². The largest absolute Gasteiger partial charge is 0.394 e. The highest BCUT2D eigenvalue weighted by molar-refractivity contribution is 5.94. The molecule has 1 aromatic carbocycles. The van der Waals surface area contributed by atoms with Crippen LogP contribution in [-0.2, 0) is 12.8 Å². The van der Waals surface area contributed by atoms with Gasteiger partial charge in [0.25, 0.3) is 0 Å². The Bertz CT molecular complexity index is 435. The number of primary amides is 1. The van der Waals surface area contributed by atoms with E-state index in [4.69, 9.17) is 15.9 Å². The molecule has 6 heteroatoms. The van der Waals surface area contributed by atoms with E-state index in [-0.39, 0.29) is 18.4 Å². The second-order valence-corrected chi connectivity index (χ2v) is 4.39. The van der Waals surface area contributed by atoms with Crippen LogP contribution >= 0.6 is 0 Å². The van der Waals surface area contributed by atoms with Crippen LogP contribution < -0.4 is 5.73 Å². The second kappa shape index (κ2) is 7.20. The molecule has 6 N–H and O–H groups in total. The number of hydrogen-bond donors (Lipinski definition) is 5. The maximum absolute atomic E-state index is 11.4. The number of benzene rings is 1. The molecule has 0 aromatic heterocycles. The molecule has 2 unspecified atom stereocenters. The number of aliphatic hydroxyl groups is 4. The molecule has 0 aliphatic carbocycles. The van der Waals surface area contributed by atoms with Crippen LogP contribution in [0.2, 0.25) is 0 Å². The number of carbonyl (C=O) groups excluding carboxylic acids is 1. The first-order valence-electron chi connectivity index (χ1n) is 5.98. The third-order valence-corrected chi connectivity index (χ3v) is 2.86. The quantitative estimate of drug-likeness (QED) is 0.415. The number of amides is 1. The van der Waals surface area contributed by atoms with E-state index in [1.165, 1.54) is 6.07 Å². The van der Waals surface area contributed by atoms with Gasteiger partial charge in [-0.05, 0) is 17.2 Å². The maximum Gasteiger partial charge on any atom is 0.248 e. The van der Waals surface area contributed by atoms with Crippen LogP contribution in [-0.4, -0.2) is 51.8 Å². The first-order valence-corrected chi connectivity index (χ1v) is 5.98. The van der Waals surface area contributed by atoms with Gasteiger partial charge in [-0.2, -0.15) is 0 Å². The SMILES string of the molecule is NC(=O)c1cccc(CC(O)CO)c1CC(O)CO. The van der Waals surface area contributed by atoms with E-state index in [0.717, 1.165) is 0 Å². The fourth-order valence-electron chi connectivity index (χ4n) is 1.92. The lowest BCUT2D eigenvalue weighted by Gasteiger charge is -2.17. The summed E-state index contributed by atoms with van der Waals surface area (Å²) in [5.74, 6) is -0.638. The van der Waals surface area contributed by atoms with E-state index in [1.54, 1.807) is 12.1 Å². The number of hydrogen-bond acceptors (Lipinski definition) is 5. The molecule has 0 heterocycles. The van der Waals surface area contributed by atoms with Crippen molar-refractivity contribution < 1.29 is 25.2 Å². The molecule has 1 aromatic rings. The van der Waals surface area contributed by atoms with Crippen molar-refractivity contribution in [3.05, 3.63) is 34.9 Å². The third-order valence-electron chi connectivity index (χ3n) is 2.86. The highest BCUT2D eigenvalue weighted by Crippen LogP contribution is 2.19. The summed E-state index contributed by atoms with van der Waals surface area (Å²) < 4.78 is 0. The normalized spacial score (nSPS) is 14.1. The summed E-state index contributed by atoms with van der Waals surface area (Å²) in [7, 11) is 0. The van der Waals surface area contributed by atoms with Crippen LogP contribution in [0.3, 0.4) is 0 Å². The highest BCUT2D eigenvalue weighted by Gasteiger charge is 2.17. The Morgan fingerprint density at radius 3 is 2.21 bits per heavy atom. The lowest BCUT2D eigenvalue weighted by Crippen LogP contribution is -2.23. The molecule has 19 heavy (non-hydrogen) atoms. The van der Waals surface area contributed by atoms with Gasteiger partial charge in [0.2, 0.25) is 5.91 Å². The molecule has 0 spiro atoms. The number of nitrogens with two attached hydrogens (primary N) is 1. The van der Waals surface area contributed by atoms with E-state index in [2.05, 4.69) is 0 Å². The smallest absolute Gasteiger partial charge is 0.248 e. The van der Waals surface area contributed by atoms with Gasteiger partial charge < -0.3 is 26.2 Å². The Kier molecular flexibility index (Phi) is 5.91. The zero-order valence-electron chi connectivity index (χ0n) is 10.5. The molecule has 2 atom stereocenters. The first kappa shape index (κ1) is 15.6. The molecule has 0 aliphatic rings. The lowest BCUT2D eigenvalue weighted by molar-refractivity contribution is 0.0903. The summed E-state index contributed by atoms with van der Waals surface area (Å²) in [5, 5.41) is 36.7. The lowest BCUT2D eigenvalue weighted by atomic mass is 9.92. The van der Waals surface area contributed by atoms with Crippen molar-refractivity contribution >= 4 is 5.91 Å². The topological polar surface area (TPSA) is 124 Å². The molecule has 1 amide bonds. The van der Waals surface area contributed by atoms with Gasteiger partial charge in [-0.25, -0.2) is 0 Å². The fourth-order valence-corrected chi connectivity index (χ4v) is 1.92. The van der Waals surface area contributed by atoms with E-state index >= 15 is 0 Å². The van der Waals surface area contributed by atoms with Crippen LogP contribution in [0.25, 0.3) is 0 Å². The van der Waals surface area contributed by atoms with Crippen LogP contribution in [0.5, 0.6) is 0 Å². The Labute approximate surface area is 111 Å². The minimum absolute atomic E-state index is 0.0586. The van der Waals surface area contributed by atoms with E-state index in [0.29, 0.717) is 11.1 Å². The molecule has 0 bridgehead atoms. The zero-order valence-corrected chi connectivity index (χ0v) is 10.5. The fraction of sp³-hybridized carbons (Fsp3) is 0.462.